The van der Waals surface area contributed by atoms with Crippen LogP contribution in [0.1, 0.15) is 11.3 Å². The minimum Gasteiger partial charge on any atom is -0.277 e. The normalized spacial score (nSPS) is 9.71. The highest BCUT2D eigenvalue weighted by atomic mass is 15.1. The van der Waals surface area contributed by atoms with Gasteiger partial charge in [-0.1, -0.05) is 24.3 Å². The Morgan fingerprint density at radius 1 is 1.36 bits per heavy atom. The van der Waals surface area contributed by atoms with Crippen LogP contribution in [0.25, 0.3) is 11.3 Å². The number of aromatic amines is 1. The average molecular weight is 183 g/mol. The number of H-pyrrole nitrogens is 1. The Morgan fingerprint density at radius 3 is 2.79 bits per heavy atom. The molecule has 0 aliphatic carbocycles. The molecule has 0 fully saturated rings. The van der Waals surface area contributed by atoms with Crippen LogP contribution < -0.4 is 0 Å². The molecule has 0 amide bonds. The lowest BCUT2D eigenvalue weighted by Crippen LogP contribution is -1.81. The van der Waals surface area contributed by atoms with E-state index in [4.69, 9.17) is 5.26 Å². The van der Waals surface area contributed by atoms with Crippen molar-refractivity contribution < 1.29 is 0 Å². The van der Waals surface area contributed by atoms with Gasteiger partial charge in [-0.05, 0) is 12.5 Å². The predicted molar refractivity (Wildman–Crippen MR) is 53.5 cm³/mol. The van der Waals surface area contributed by atoms with Crippen LogP contribution in [-0.2, 0) is 0 Å². The number of nitriles is 1. The van der Waals surface area contributed by atoms with E-state index >= 15 is 0 Å². The van der Waals surface area contributed by atoms with Crippen molar-refractivity contribution in [2.24, 2.45) is 0 Å². The van der Waals surface area contributed by atoms with E-state index in [1.807, 2.05) is 37.3 Å². The third-order valence-electron chi connectivity index (χ3n) is 2.13. The third-order valence-corrected chi connectivity index (χ3v) is 2.13. The molecule has 1 aromatic carbocycles. The Bertz CT molecular complexity index is 491. The summed E-state index contributed by atoms with van der Waals surface area (Å²) in [5, 5.41) is 15.3. The molecule has 3 heteroatoms. The lowest BCUT2D eigenvalue weighted by atomic mass is 10.1. The Morgan fingerprint density at radius 2 is 2.14 bits per heavy atom. The van der Waals surface area contributed by atoms with E-state index in [1.54, 1.807) is 6.07 Å². The first-order chi connectivity index (χ1) is 6.81. The van der Waals surface area contributed by atoms with Gasteiger partial charge in [0.2, 0.25) is 0 Å². The van der Waals surface area contributed by atoms with E-state index in [1.165, 1.54) is 5.56 Å². The van der Waals surface area contributed by atoms with Gasteiger partial charge in [0, 0.05) is 11.6 Å². The van der Waals surface area contributed by atoms with E-state index in [-0.39, 0.29) is 0 Å². The Kier molecular flexibility index (Phi) is 2.04. The zero-order valence-electron chi connectivity index (χ0n) is 7.78. The molecule has 1 heterocycles. The van der Waals surface area contributed by atoms with Gasteiger partial charge in [0.05, 0.1) is 5.69 Å². The molecule has 0 aliphatic rings. The summed E-state index contributed by atoms with van der Waals surface area (Å²) >= 11 is 0. The number of aryl methyl sites for hydroxylation is 1. The number of benzene rings is 1. The fraction of sp³-hybridized carbons (Fsp3) is 0.0909. The smallest absolute Gasteiger partial charge is 0.162 e. The van der Waals surface area contributed by atoms with Gasteiger partial charge in [-0.2, -0.15) is 10.4 Å². The zero-order valence-corrected chi connectivity index (χ0v) is 7.78. The number of hydrogen-bond acceptors (Lipinski definition) is 2. The molecule has 2 rings (SSSR count). The lowest BCUT2D eigenvalue weighted by molar-refractivity contribution is 1.07. The quantitative estimate of drug-likeness (QED) is 0.737. The highest BCUT2D eigenvalue weighted by molar-refractivity contribution is 5.63. The van der Waals surface area contributed by atoms with Gasteiger partial charge in [-0.15, -0.1) is 0 Å². The summed E-state index contributed by atoms with van der Waals surface area (Å²) in [6.45, 7) is 2.03. The van der Waals surface area contributed by atoms with Crippen molar-refractivity contribution in [2.75, 3.05) is 0 Å². The van der Waals surface area contributed by atoms with Crippen LogP contribution in [0.4, 0.5) is 0 Å². The van der Waals surface area contributed by atoms with Crippen LogP contribution in [-0.4, -0.2) is 10.2 Å². The summed E-state index contributed by atoms with van der Waals surface area (Å²) in [6, 6.07) is 11.7. The van der Waals surface area contributed by atoms with Crippen LogP contribution in [0, 0.1) is 18.3 Å². The van der Waals surface area contributed by atoms with Crippen molar-refractivity contribution in [1.29, 1.82) is 5.26 Å². The van der Waals surface area contributed by atoms with Gasteiger partial charge >= 0.3 is 0 Å². The van der Waals surface area contributed by atoms with Gasteiger partial charge in [0.15, 0.2) is 5.69 Å². The molecule has 0 saturated heterocycles. The third kappa shape index (κ3) is 1.38. The molecule has 14 heavy (non-hydrogen) atoms. The summed E-state index contributed by atoms with van der Waals surface area (Å²) in [5.74, 6) is 0. The minimum atomic E-state index is 0.420. The van der Waals surface area contributed by atoms with E-state index in [0.717, 1.165) is 11.3 Å². The van der Waals surface area contributed by atoms with Crippen molar-refractivity contribution >= 4 is 0 Å². The summed E-state index contributed by atoms with van der Waals surface area (Å²) in [7, 11) is 0. The molecule has 2 aromatic rings. The van der Waals surface area contributed by atoms with Gasteiger partial charge in [0.1, 0.15) is 6.07 Å². The second kappa shape index (κ2) is 3.35. The maximum absolute atomic E-state index is 8.63. The molecule has 3 nitrogen and oxygen atoms in total. The highest BCUT2D eigenvalue weighted by Crippen LogP contribution is 2.20. The molecule has 0 unspecified atom stereocenters. The van der Waals surface area contributed by atoms with Crippen LogP contribution in [0.5, 0.6) is 0 Å². The van der Waals surface area contributed by atoms with Gasteiger partial charge in [-0.25, -0.2) is 0 Å². The molecule has 0 aliphatic heterocycles. The molecule has 0 saturated carbocycles. The Balaban J connectivity index is 2.51. The minimum absolute atomic E-state index is 0.420. The zero-order chi connectivity index (χ0) is 9.97. The number of aromatic nitrogens is 2. The molecule has 1 N–H and O–H groups in total. The molecule has 0 spiro atoms. The van der Waals surface area contributed by atoms with Crippen molar-refractivity contribution in [3.05, 3.63) is 41.6 Å². The summed E-state index contributed by atoms with van der Waals surface area (Å²) in [5.41, 5.74) is 3.56. The summed E-state index contributed by atoms with van der Waals surface area (Å²) in [4.78, 5) is 0. The number of rotatable bonds is 1. The van der Waals surface area contributed by atoms with Crippen molar-refractivity contribution in [3.8, 4) is 17.3 Å². The fourth-order valence-electron chi connectivity index (χ4n) is 1.39. The number of hydrogen-bond donors (Lipinski definition) is 1. The largest absolute Gasteiger partial charge is 0.277 e. The topological polar surface area (TPSA) is 52.5 Å². The lowest BCUT2D eigenvalue weighted by Gasteiger charge is -2.00. The molecule has 0 bridgehead atoms. The first kappa shape index (κ1) is 8.52. The second-order valence-corrected chi connectivity index (χ2v) is 3.09. The highest BCUT2D eigenvalue weighted by Gasteiger charge is 2.04. The van der Waals surface area contributed by atoms with Gasteiger partial charge < -0.3 is 0 Å². The van der Waals surface area contributed by atoms with E-state index in [2.05, 4.69) is 10.2 Å². The maximum Gasteiger partial charge on any atom is 0.162 e. The van der Waals surface area contributed by atoms with Crippen molar-refractivity contribution in [2.45, 2.75) is 6.92 Å². The van der Waals surface area contributed by atoms with Gasteiger partial charge in [-0.3, -0.25) is 5.10 Å². The molecule has 0 radical (unpaired) electrons. The standard InChI is InChI=1S/C11H9N3/c1-8-4-2-3-5-10(8)11-6-9(7-12)13-14-11/h2-6H,1H3,(H,13,14). The van der Waals surface area contributed by atoms with E-state index in [9.17, 15) is 0 Å². The van der Waals surface area contributed by atoms with E-state index in [0.29, 0.717) is 5.69 Å². The summed E-state index contributed by atoms with van der Waals surface area (Å²) < 4.78 is 0. The first-order valence-corrected chi connectivity index (χ1v) is 4.33. The van der Waals surface area contributed by atoms with Crippen LogP contribution in [0.3, 0.4) is 0 Å². The average Bonchev–Trinajstić information content (AvgIpc) is 2.67. The van der Waals surface area contributed by atoms with Crippen molar-refractivity contribution in [1.82, 2.24) is 10.2 Å². The van der Waals surface area contributed by atoms with Crippen LogP contribution >= 0.6 is 0 Å². The Labute approximate surface area is 82.0 Å². The first-order valence-electron chi connectivity index (χ1n) is 4.33. The number of nitrogens with zero attached hydrogens (tertiary/aromatic N) is 2. The molecule has 68 valence electrons. The monoisotopic (exact) mass is 183 g/mol. The predicted octanol–water partition coefficient (Wildman–Crippen LogP) is 2.26. The SMILES string of the molecule is Cc1ccccc1-c1cc(C#N)n[nH]1. The molecule has 0 atom stereocenters. The van der Waals surface area contributed by atoms with Crippen LogP contribution in [0.15, 0.2) is 30.3 Å². The maximum atomic E-state index is 8.63. The fourth-order valence-corrected chi connectivity index (χ4v) is 1.39. The van der Waals surface area contributed by atoms with Crippen molar-refractivity contribution in [3.63, 3.8) is 0 Å². The van der Waals surface area contributed by atoms with Gasteiger partial charge in [0.25, 0.3) is 0 Å². The molecular formula is C11H9N3. The second-order valence-electron chi connectivity index (χ2n) is 3.09. The number of nitrogens with one attached hydrogen (secondary N) is 1. The van der Waals surface area contributed by atoms with E-state index < -0.39 is 0 Å². The summed E-state index contributed by atoms with van der Waals surface area (Å²) in [6.07, 6.45) is 0. The molecular weight excluding hydrogens is 174 g/mol. The molecule has 1 aromatic heterocycles. The Hall–Kier alpha value is -2.08. The van der Waals surface area contributed by atoms with Crippen LogP contribution in [0.2, 0.25) is 0 Å².